The molecule has 9 heteroatoms. The van der Waals surface area contributed by atoms with Crippen LogP contribution >= 0.6 is 0 Å². The van der Waals surface area contributed by atoms with Crippen molar-refractivity contribution in [2.24, 2.45) is 0 Å². The summed E-state index contributed by atoms with van der Waals surface area (Å²) in [5.74, 6) is -0.215. The number of para-hydroxylation sites is 2. The quantitative estimate of drug-likeness (QED) is 0.574. The summed E-state index contributed by atoms with van der Waals surface area (Å²) < 4.78 is 45.8. The van der Waals surface area contributed by atoms with Gasteiger partial charge in [-0.05, 0) is 50.2 Å². The molecule has 3 aromatic rings. The second kappa shape index (κ2) is 8.21. The minimum absolute atomic E-state index is 0.0619. The van der Waals surface area contributed by atoms with Gasteiger partial charge in [-0.2, -0.15) is 5.26 Å². The van der Waals surface area contributed by atoms with Gasteiger partial charge in [0.2, 0.25) is 9.84 Å². The van der Waals surface area contributed by atoms with E-state index in [2.05, 4.69) is 4.98 Å². The first-order valence-corrected chi connectivity index (χ1v) is 11.4. The first-order chi connectivity index (χ1) is 14.8. The number of anilines is 1. The molecular formula is C22H21FN4O3S. The van der Waals surface area contributed by atoms with E-state index in [1.807, 2.05) is 30.9 Å². The Kier molecular flexibility index (Phi) is 5.60. The van der Waals surface area contributed by atoms with Crippen molar-refractivity contribution in [1.82, 2.24) is 9.97 Å². The van der Waals surface area contributed by atoms with E-state index < -0.39 is 20.9 Å². The van der Waals surface area contributed by atoms with Gasteiger partial charge in [0.05, 0.1) is 34.2 Å². The van der Waals surface area contributed by atoms with Gasteiger partial charge in [0.15, 0.2) is 11.1 Å². The maximum absolute atomic E-state index is 13.3. The number of nitrogens with zero attached hydrogens (tertiary/aromatic N) is 4. The topological polar surface area (TPSA) is 96.2 Å². The van der Waals surface area contributed by atoms with E-state index in [1.165, 1.54) is 0 Å². The number of hydrogen-bond donors (Lipinski definition) is 0. The highest BCUT2D eigenvalue weighted by atomic mass is 32.2. The summed E-state index contributed by atoms with van der Waals surface area (Å²) in [4.78, 5) is 11.0. The van der Waals surface area contributed by atoms with E-state index in [0.717, 1.165) is 24.3 Å². The Morgan fingerprint density at radius 3 is 2.23 bits per heavy atom. The Morgan fingerprint density at radius 2 is 1.65 bits per heavy atom. The van der Waals surface area contributed by atoms with Gasteiger partial charge in [0, 0.05) is 13.1 Å². The average Bonchev–Trinajstić information content (AvgIpc) is 2.73. The molecule has 4 rings (SSSR count). The van der Waals surface area contributed by atoms with Crippen LogP contribution in [0.4, 0.5) is 10.2 Å². The molecule has 0 amide bonds. The fraction of sp³-hybridized carbons (Fsp3) is 0.318. The lowest BCUT2D eigenvalue weighted by atomic mass is 10.2. The maximum atomic E-state index is 13.3. The lowest BCUT2D eigenvalue weighted by molar-refractivity contribution is -0.00550. The highest BCUT2D eigenvalue weighted by Crippen LogP contribution is 2.35. The van der Waals surface area contributed by atoms with Crippen LogP contribution in [-0.2, 0) is 14.6 Å². The number of sulfone groups is 1. The molecule has 31 heavy (non-hydrogen) atoms. The van der Waals surface area contributed by atoms with Gasteiger partial charge in [-0.1, -0.05) is 12.1 Å². The van der Waals surface area contributed by atoms with Crippen molar-refractivity contribution in [3.8, 4) is 6.07 Å². The third kappa shape index (κ3) is 4.09. The SMILES string of the molecule is C[C@@H]1CN(c2nc3ccccc3nc2[C@H](C#N)S(=O)(=O)c2ccc(F)cc2)C[C@@H](C)O1. The third-order valence-corrected chi connectivity index (χ3v) is 6.99. The second-order valence-corrected chi connectivity index (χ2v) is 9.62. The first-order valence-electron chi connectivity index (χ1n) is 9.85. The summed E-state index contributed by atoms with van der Waals surface area (Å²) in [7, 11) is -4.17. The number of rotatable bonds is 4. The maximum Gasteiger partial charge on any atom is 0.200 e. The zero-order valence-corrected chi connectivity index (χ0v) is 17.9. The fourth-order valence-corrected chi connectivity index (χ4v) is 5.18. The first kappa shape index (κ1) is 21.2. The summed E-state index contributed by atoms with van der Waals surface area (Å²) >= 11 is 0. The molecule has 3 atom stereocenters. The number of aromatic nitrogens is 2. The molecule has 0 unspecified atom stereocenters. The number of ether oxygens (including phenoxy) is 1. The van der Waals surface area contributed by atoms with Gasteiger partial charge < -0.3 is 9.64 Å². The fourth-order valence-electron chi connectivity index (χ4n) is 3.80. The van der Waals surface area contributed by atoms with Crippen molar-refractivity contribution in [3.63, 3.8) is 0 Å². The van der Waals surface area contributed by atoms with Crippen LogP contribution in [0.2, 0.25) is 0 Å². The van der Waals surface area contributed by atoms with Gasteiger partial charge in [-0.25, -0.2) is 22.8 Å². The number of hydrogen-bond acceptors (Lipinski definition) is 7. The van der Waals surface area contributed by atoms with Crippen LogP contribution in [0.1, 0.15) is 24.8 Å². The lowest BCUT2D eigenvalue weighted by Crippen LogP contribution is -2.46. The minimum Gasteiger partial charge on any atom is -0.372 e. The summed E-state index contributed by atoms with van der Waals surface area (Å²) in [6.07, 6.45) is -0.196. The molecule has 1 aliphatic rings. The van der Waals surface area contributed by atoms with E-state index in [1.54, 1.807) is 18.2 Å². The van der Waals surface area contributed by atoms with Crippen LogP contribution in [0, 0.1) is 17.1 Å². The summed E-state index contributed by atoms with van der Waals surface area (Å²) in [5.41, 5.74) is 1.15. The van der Waals surface area contributed by atoms with Crippen LogP contribution < -0.4 is 4.90 Å². The van der Waals surface area contributed by atoms with Crippen LogP contribution in [-0.4, -0.2) is 43.7 Å². The summed E-state index contributed by atoms with van der Waals surface area (Å²) in [5, 5.41) is 8.32. The zero-order valence-electron chi connectivity index (χ0n) is 17.1. The van der Waals surface area contributed by atoms with Crippen molar-refractivity contribution in [1.29, 1.82) is 5.26 Å². The van der Waals surface area contributed by atoms with Gasteiger partial charge in [-0.3, -0.25) is 0 Å². The monoisotopic (exact) mass is 440 g/mol. The number of benzene rings is 2. The Balaban J connectivity index is 1.90. The summed E-state index contributed by atoms with van der Waals surface area (Å²) in [6, 6.07) is 13.4. The van der Waals surface area contributed by atoms with Crippen LogP contribution in [0.25, 0.3) is 11.0 Å². The van der Waals surface area contributed by atoms with E-state index in [-0.39, 0.29) is 22.8 Å². The van der Waals surface area contributed by atoms with Crippen LogP contribution in [0.15, 0.2) is 53.4 Å². The molecule has 2 heterocycles. The smallest absolute Gasteiger partial charge is 0.200 e. The van der Waals surface area contributed by atoms with E-state index in [0.29, 0.717) is 29.9 Å². The predicted molar refractivity (Wildman–Crippen MR) is 114 cm³/mol. The normalized spacial score (nSPS) is 20.4. The Morgan fingerprint density at radius 1 is 1.06 bits per heavy atom. The second-order valence-electron chi connectivity index (χ2n) is 7.59. The lowest BCUT2D eigenvalue weighted by Gasteiger charge is -2.37. The standard InChI is InChI=1S/C22H21FN4O3S/c1-14-12-27(13-15(2)30-14)22-21(25-18-5-3-4-6-19(18)26-22)20(11-24)31(28,29)17-9-7-16(23)8-10-17/h3-10,14-15,20H,12-13H2,1-2H3/t14-,15-,20+/m1/s1. The van der Waals surface area contributed by atoms with E-state index >= 15 is 0 Å². The van der Waals surface area contributed by atoms with Crippen molar-refractivity contribution in [2.75, 3.05) is 18.0 Å². The molecule has 7 nitrogen and oxygen atoms in total. The molecule has 0 N–H and O–H groups in total. The van der Waals surface area contributed by atoms with Crippen molar-refractivity contribution < 1.29 is 17.5 Å². The zero-order chi connectivity index (χ0) is 22.2. The average molecular weight is 441 g/mol. The van der Waals surface area contributed by atoms with Gasteiger partial charge in [-0.15, -0.1) is 0 Å². The number of morpholine rings is 1. The minimum atomic E-state index is -4.17. The predicted octanol–water partition coefficient (Wildman–Crippen LogP) is 3.42. The van der Waals surface area contributed by atoms with Crippen molar-refractivity contribution >= 4 is 26.7 Å². The molecule has 0 aliphatic carbocycles. The molecule has 2 aromatic carbocycles. The Labute approximate surface area is 180 Å². The molecule has 0 radical (unpaired) electrons. The highest BCUT2D eigenvalue weighted by molar-refractivity contribution is 7.92. The number of fused-ring (bicyclic) bond motifs is 1. The molecule has 1 saturated heterocycles. The third-order valence-electron chi connectivity index (χ3n) is 5.12. The van der Waals surface area contributed by atoms with Gasteiger partial charge in [0.1, 0.15) is 11.5 Å². The molecule has 0 saturated carbocycles. The van der Waals surface area contributed by atoms with Crippen LogP contribution in [0.3, 0.4) is 0 Å². The van der Waals surface area contributed by atoms with E-state index in [4.69, 9.17) is 9.72 Å². The number of halogens is 1. The Bertz CT molecular complexity index is 1250. The summed E-state index contributed by atoms with van der Waals surface area (Å²) in [6.45, 7) is 4.82. The molecule has 1 fully saturated rings. The highest BCUT2D eigenvalue weighted by Gasteiger charge is 2.36. The molecule has 160 valence electrons. The molecule has 0 spiro atoms. The van der Waals surface area contributed by atoms with Crippen LogP contribution in [0.5, 0.6) is 0 Å². The largest absolute Gasteiger partial charge is 0.372 e. The van der Waals surface area contributed by atoms with Crippen molar-refractivity contribution in [2.45, 2.75) is 36.2 Å². The molecule has 1 aromatic heterocycles. The Hall–Kier alpha value is -3.09. The van der Waals surface area contributed by atoms with E-state index in [9.17, 15) is 18.1 Å². The van der Waals surface area contributed by atoms with Gasteiger partial charge in [0.25, 0.3) is 0 Å². The molecule has 0 bridgehead atoms. The molecule has 1 aliphatic heterocycles. The molecular weight excluding hydrogens is 419 g/mol. The van der Waals surface area contributed by atoms with Gasteiger partial charge >= 0.3 is 0 Å². The number of nitriles is 1. The van der Waals surface area contributed by atoms with Crippen molar-refractivity contribution in [3.05, 3.63) is 60.0 Å².